The second-order valence-corrected chi connectivity index (χ2v) is 4.96. The Hall–Kier alpha value is -1.10. The molecule has 3 rings (SSSR count). The third kappa shape index (κ3) is 2.61. The highest BCUT2D eigenvalue weighted by Gasteiger charge is 2.40. The minimum Gasteiger partial charge on any atom is -0.313 e. The summed E-state index contributed by atoms with van der Waals surface area (Å²) in [6.45, 7) is 5.59. The van der Waals surface area contributed by atoms with Gasteiger partial charge in [0.1, 0.15) is 6.04 Å². The van der Waals surface area contributed by atoms with Crippen molar-refractivity contribution in [2.75, 3.05) is 31.2 Å². The van der Waals surface area contributed by atoms with Crippen molar-refractivity contribution < 1.29 is 4.79 Å². The lowest BCUT2D eigenvalue weighted by molar-refractivity contribution is -0.119. The van der Waals surface area contributed by atoms with Crippen molar-refractivity contribution >= 4 is 24.0 Å². The summed E-state index contributed by atoms with van der Waals surface area (Å²) in [5.74, 6) is 0.232. The second-order valence-electron chi connectivity index (χ2n) is 4.96. The first kappa shape index (κ1) is 14.3. The van der Waals surface area contributed by atoms with Crippen LogP contribution >= 0.6 is 12.4 Å². The summed E-state index contributed by atoms with van der Waals surface area (Å²) >= 11 is 0. The summed E-state index contributed by atoms with van der Waals surface area (Å²) in [5, 5.41) is 3.29. The van der Waals surface area contributed by atoms with Crippen molar-refractivity contribution in [1.82, 2.24) is 10.2 Å². The van der Waals surface area contributed by atoms with E-state index in [-0.39, 0.29) is 24.4 Å². The predicted molar refractivity (Wildman–Crippen MR) is 78.8 cm³/mol. The number of anilines is 1. The van der Waals surface area contributed by atoms with E-state index in [1.165, 1.54) is 5.56 Å². The molecule has 5 heteroatoms. The Morgan fingerprint density at radius 1 is 1.42 bits per heavy atom. The van der Waals surface area contributed by atoms with Gasteiger partial charge in [0.15, 0.2) is 0 Å². The average Bonchev–Trinajstić information content (AvgIpc) is 2.77. The molecular formula is C14H20ClN3O. The van der Waals surface area contributed by atoms with E-state index in [0.717, 1.165) is 38.4 Å². The number of aryl methyl sites for hydroxylation is 1. The molecule has 1 unspecified atom stereocenters. The normalized spacial score (nSPS) is 23.1. The van der Waals surface area contributed by atoms with E-state index in [2.05, 4.69) is 29.3 Å². The zero-order chi connectivity index (χ0) is 12.5. The van der Waals surface area contributed by atoms with Gasteiger partial charge in [0.05, 0.1) is 6.67 Å². The molecular weight excluding hydrogens is 262 g/mol. The number of benzene rings is 1. The maximum absolute atomic E-state index is 12.4. The van der Waals surface area contributed by atoms with Gasteiger partial charge in [-0.1, -0.05) is 19.1 Å². The van der Waals surface area contributed by atoms with Gasteiger partial charge in [0.25, 0.3) is 0 Å². The Labute approximate surface area is 120 Å². The van der Waals surface area contributed by atoms with Crippen LogP contribution < -0.4 is 10.2 Å². The van der Waals surface area contributed by atoms with Gasteiger partial charge >= 0.3 is 0 Å². The fourth-order valence-electron chi connectivity index (χ4n) is 2.74. The minimum atomic E-state index is 0. The molecule has 2 heterocycles. The fourth-order valence-corrected chi connectivity index (χ4v) is 2.74. The summed E-state index contributed by atoms with van der Waals surface area (Å²) in [5.41, 5.74) is 2.32. The standard InChI is InChI=1S/C14H19N3O.ClH/c1-2-11-4-3-5-12(8-11)17-10-16-7-6-15-9-13(16)14(17)18;/h3-5,8,13,15H,2,6-7,9-10H2,1H3;1H. The van der Waals surface area contributed by atoms with E-state index >= 15 is 0 Å². The number of fused-ring (bicyclic) bond motifs is 1. The van der Waals surface area contributed by atoms with Crippen LogP contribution in [0.4, 0.5) is 5.69 Å². The van der Waals surface area contributed by atoms with Crippen LogP contribution in [0.5, 0.6) is 0 Å². The van der Waals surface area contributed by atoms with E-state index in [0.29, 0.717) is 0 Å². The largest absolute Gasteiger partial charge is 0.313 e. The molecule has 1 atom stereocenters. The lowest BCUT2D eigenvalue weighted by Crippen LogP contribution is -2.50. The van der Waals surface area contributed by atoms with Crippen molar-refractivity contribution in [3.8, 4) is 0 Å². The fraction of sp³-hybridized carbons (Fsp3) is 0.500. The number of carbonyl (C=O) groups is 1. The van der Waals surface area contributed by atoms with Crippen LogP contribution in [0.2, 0.25) is 0 Å². The molecule has 0 saturated carbocycles. The molecule has 1 aromatic carbocycles. The summed E-state index contributed by atoms with van der Waals surface area (Å²) in [6.07, 6.45) is 1.00. The number of nitrogens with zero attached hydrogens (tertiary/aromatic N) is 2. The molecule has 19 heavy (non-hydrogen) atoms. The molecule has 4 nitrogen and oxygen atoms in total. The number of hydrogen-bond donors (Lipinski definition) is 1. The molecule has 1 amide bonds. The Kier molecular flexibility index (Phi) is 4.45. The van der Waals surface area contributed by atoms with Crippen molar-refractivity contribution in [1.29, 1.82) is 0 Å². The van der Waals surface area contributed by atoms with E-state index in [1.54, 1.807) is 0 Å². The molecule has 2 aliphatic heterocycles. The predicted octanol–water partition coefficient (Wildman–Crippen LogP) is 1.25. The van der Waals surface area contributed by atoms with Crippen LogP contribution in [0, 0.1) is 0 Å². The molecule has 0 bridgehead atoms. The van der Waals surface area contributed by atoms with Crippen LogP contribution in [-0.2, 0) is 11.2 Å². The lowest BCUT2D eigenvalue weighted by Gasteiger charge is -2.26. The Bertz CT molecular complexity index is 466. The smallest absolute Gasteiger partial charge is 0.246 e. The van der Waals surface area contributed by atoms with Crippen LogP contribution in [-0.4, -0.2) is 43.2 Å². The van der Waals surface area contributed by atoms with Gasteiger partial charge in [0.2, 0.25) is 5.91 Å². The van der Waals surface area contributed by atoms with Gasteiger partial charge in [-0.2, -0.15) is 0 Å². The highest BCUT2D eigenvalue weighted by molar-refractivity contribution is 5.99. The van der Waals surface area contributed by atoms with Gasteiger partial charge in [-0.15, -0.1) is 12.4 Å². The van der Waals surface area contributed by atoms with Crippen molar-refractivity contribution in [2.45, 2.75) is 19.4 Å². The number of amides is 1. The zero-order valence-electron chi connectivity index (χ0n) is 11.1. The summed E-state index contributed by atoms with van der Waals surface area (Å²) in [4.78, 5) is 16.6. The van der Waals surface area contributed by atoms with Crippen LogP contribution in [0.3, 0.4) is 0 Å². The van der Waals surface area contributed by atoms with E-state index in [1.807, 2.05) is 17.0 Å². The lowest BCUT2D eigenvalue weighted by atomic mass is 10.1. The molecule has 1 N–H and O–H groups in total. The monoisotopic (exact) mass is 281 g/mol. The van der Waals surface area contributed by atoms with Gasteiger partial charge in [-0.3, -0.25) is 14.6 Å². The quantitative estimate of drug-likeness (QED) is 0.886. The molecule has 2 fully saturated rings. The molecule has 0 spiro atoms. The van der Waals surface area contributed by atoms with Crippen molar-refractivity contribution in [2.24, 2.45) is 0 Å². The van der Waals surface area contributed by atoms with E-state index < -0.39 is 0 Å². The first-order chi connectivity index (χ1) is 8.79. The highest BCUT2D eigenvalue weighted by Crippen LogP contribution is 2.24. The summed E-state index contributed by atoms with van der Waals surface area (Å²) in [7, 11) is 0. The molecule has 0 aromatic heterocycles. The number of piperazine rings is 1. The van der Waals surface area contributed by atoms with Crippen LogP contribution in [0.1, 0.15) is 12.5 Å². The topological polar surface area (TPSA) is 35.6 Å². The molecule has 1 aromatic rings. The highest BCUT2D eigenvalue weighted by atomic mass is 35.5. The maximum Gasteiger partial charge on any atom is 0.246 e. The molecule has 0 aliphatic carbocycles. The number of halogens is 1. The zero-order valence-corrected chi connectivity index (χ0v) is 11.9. The minimum absolute atomic E-state index is 0. The third-order valence-electron chi connectivity index (χ3n) is 3.86. The number of hydrogen-bond acceptors (Lipinski definition) is 3. The molecule has 0 radical (unpaired) electrons. The van der Waals surface area contributed by atoms with E-state index in [9.17, 15) is 4.79 Å². The SMILES string of the molecule is CCc1cccc(N2CN3CCNCC3C2=O)c1.Cl. The van der Waals surface area contributed by atoms with Gasteiger partial charge in [-0.05, 0) is 24.1 Å². The first-order valence-corrected chi connectivity index (χ1v) is 6.64. The van der Waals surface area contributed by atoms with Gasteiger partial charge in [-0.25, -0.2) is 0 Å². The van der Waals surface area contributed by atoms with E-state index in [4.69, 9.17) is 0 Å². The van der Waals surface area contributed by atoms with Crippen LogP contribution in [0.25, 0.3) is 0 Å². The number of nitrogens with one attached hydrogen (secondary N) is 1. The second kappa shape index (κ2) is 5.90. The Morgan fingerprint density at radius 2 is 2.26 bits per heavy atom. The van der Waals surface area contributed by atoms with Gasteiger partial charge in [0, 0.05) is 25.3 Å². The Morgan fingerprint density at radius 3 is 3.00 bits per heavy atom. The summed E-state index contributed by atoms with van der Waals surface area (Å²) in [6, 6.07) is 8.34. The Balaban J connectivity index is 0.00000133. The van der Waals surface area contributed by atoms with Crippen LogP contribution in [0.15, 0.2) is 24.3 Å². The van der Waals surface area contributed by atoms with Crippen molar-refractivity contribution in [3.63, 3.8) is 0 Å². The van der Waals surface area contributed by atoms with Gasteiger partial charge < -0.3 is 5.32 Å². The molecule has 2 saturated heterocycles. The summed E-state index contributed by atoms with van der Waals surface area (Å²) < 4.78 is 0. The third-order valence-corrected chi connectivity index (χ3v) is 3.86. The molecule has 2 aliphatic rings. The average molecular weight is 282 g/mol. The van der Waals surface area contributed by atoms with Crippen molar-refractivity contribution in [3.05, 3.63) is 29.8 Å². The first-order valence-electron chi connectivity index (χ1n) is 6.64. The maximum atomic E-state index is 12.4. The number of carbonyl (C=O) groups excluding carboxylic acids is 1. The molecule has 104 valence electrons. The number of rotatable bonds is 2.